The van der Waals surface area contributed by atoms with E-state index in [0.29, 0.717) is 15.6 Å². The fraction of sp³-hybridized carbons (Fsp3) is 0.300. The van der Waals surface area contributed by atoms with Gasteiger partial charge in [-0.25, -0.2) is 4.79 Å². The number of nitrogens with zero attached hydrogens (tertiary/aromatic N) is 1. The smallest absolute Gasteiger partial charge is 0.211 e. The normalized spacial score (nSPS) is 10.9. The summed E-state index contributed by atoms with van der Waals surface area (Å²) in [4.78, 5) is 13.9. The molecule has 0 saturated carbocycles. The van der Waals surface area contributed by atoms with Gasteiger partial charge in [-0.2, -0.15) is 4.99 Å². The molecule has 0 saturated heterocycles. The molecule has 0 bridgehead atoms. The molecular formula is C10H9Cl2NO. The fourth-order valence-corrected chi connectivity index (χ4v) is 2.11. The van der Waals surface area contributed by atoms with Gasteiger partial charge in [-0.05, 0) is 26.0 Å². The summed E-state index contributed by atoms with van der Waals surface area (Å²) in [5.74, 6) is 0. The van der Waals surface area contributed by atoms with Gasteiger partial charge in [0.1, 0.15) is 0 Å². The van der Waals surface area contributed by atoms with Crippen molar-refractivity contribution >= 4 is 29.3 Å². The molecule has 0 aliphatic rings. The van der Waals surface area contributed by atoms with E-state index < -0.39 is 5.54 Å². The van der Waals surface area contributed by atoms with Crippen LogP contribution in [-0.2, 0) is 10.3 Å². The number of carbonyl (C=O) groups excluding carboxylic acids is 1. The molecule has 4 heteroatoms. The molecule has 1 aromatic rings. The average molecular weight is 230 g/mol. The molecule has 0 atom stereocenters. The van der Waals surface area contributed by atoms with Gasteiger partial charge in [-0.3, -0.25) is 0 Å². The number of benzene rings is 1. The zero-order chi connectivity index (χ0) is 10.8. The first-order valence-electron chi connectivity index (χ1n) is 4.02. The monoisotopic (exact) mass is 229 g/mol. The number of hydrogen-bond donors (Lipinski definition) is 0. The lowest BCUT2D eigenvalue weighted by atomic mass is 9.95. The Morgan fingerprint density at radius 3 is 2.21 bits per heavy atom. The van der Waals surface area contributed by atoms with Crippen molar-refractivity contribution in [2.45, 2.75) is 19.4 Å². The summed E-state index contributed by atoms with van der Waals surface area (Å²) >= 11 is 12.0. The van der Waals surface area contributed by atoms with Crippen molar-refractivity contribution < 1.29 is 4.79 Å². The second-order valence-electron chi connectivity index (χ2n) is 3.36. The number of halogens is 2. The van der Waals surface area contributed by atoms with Crippen LogP contribution in [0.4, 0.5) is 0 Å². The maximum Gasteiger partial charge on any atom is 0.235 e. The van der Waals surface area contributed by atoms with E-state index in [4.69, 9.17) is 23.2 Å². The average Bonchev–Trinajstić information content (AvgIpc) is 2.02. The summed E-state index contributed by atoms with van der Waals surface area (Å²) < 4.78 is 0. The van der Waals surface area contributed by atoms with E-state index >= 15 is 0 Å². The largest absolute Gasteiger partial charge is 0.235 e. The molecule has 74 valence electrons. The Kier molecular flexibility index (Phi) is 3.33. The molecule has 0 spiro atoms. The van der Waals surface area contributed by atoms with Crippen LogP contribution in [0.5, 0.6) is 0 Å². The van der Waals surface area contributed by atoms with E-state index in [-0.39, 0.29) is 0 Å². The predicted octanol–water partition coefficient (Wildman–Crippen LogP) is 3.56. The first kappa shape index (κ1) is 11.3. The molecule has 0 fully saturated rings. The highest BCUT2D eigenvalue weighted by molar-refractivity contribution is 6.36. The highest BCUT2D eigenvalue weighted by atomic mass is 35.5. The van der Waals surface area contributed by atoms with Crippen LogP contribution in [0.3, 0.4) is 0 Å². The van der Waals surface area contributed by atoms with E-state index in [1.807, 2.05) is 0 Å². The summed E-state index contributed by atoms with van der Waals surface area (Å²) in [6.45, 7) is 3.51. The fourth-order valence-electron chi connectivity index (χ4n) is 1.25. The van der Waals surface area contributed by atoms with Gasteiger partial charge < -0.3 is 0 Å². The van der Waals surface area contributed by atoms with Gasteiger partial charge in [0.2, 0.25) is 6.08 Å². The van der Waals surface area contributed by atoms with E-state index in [1.54, 1.807) is 32.0 Å². The van der Waals surface area contributed by atoms with E-state index in [1.165, 1.54) is 6.08 Å². The molecule has 0 heterocycles. The molecule has 0 aliphatic heterocycles. The molecule has 1 aromatic carbocycles. The maximum atomic E-state index is 10.2. The van der Waals surface area contributed by atoms with Gasteiger partial charge in [0.15, 0.2) is 0 Å². The molecule has 0 N–H and O–H groups in total. The highest BCUT2D eigenvalue weighted by Gasteiger charge is 2.25. The van der Waals surface area contributed by atoms with E-state index in [9.17, 15) is 4.79 Å². The Hall–Kier alpha value is -0.820. The van der Waals surface area contributed by atoms with Gasteiger partial charge in [0.25, 0.3) is 0 Å². The van der Waals surface area contributed by atoms with Crippen LogP contribution in [0.2, 0.25) is 10.0 Å². The standard InChI is InChI=1S/C10H9Cl2NO/c1-10(2,13-6-14)9-7(11)4-3-5-8(9)12/h3-5H,1-2H3. The first-order valence-corrected chi connectivity index (χ1v) is 4.78. The Morgan fingerprint density at radius 1 is 1.29 bits per heavy atom. The molecule has 0 aromatic heterocycles. The summed E-state index contributed by atoms with van der Waals surface area (Å²) in [5.41, 5.74) is -0.0938. The topological polar surface area (TPSA) is 29.4 Å². The molecule has 0 amide bonds. The van der Waals surface area contributed by atoms with E-state index in [0.717, 1.165) is 0 Å². The van der Waals surface area contributed by atoms with Crippen molar-refractivity contribution in [3.63, 3.8) is 0 Å². The molecule has 0 unspecified atom stereocenters. The second kappa shape index (κ2) is 4.14. The Labute approximate surface area is 92.6 Å². The van der Waals surface area contributed by atoms with Gasteiger partial charge in [0, 0.05) is 15.6 Å². The zero-order valence-corrected chi connectivity index (χ0v) is 9.36. The molecule has 2 nitrogen and oxygen atoms in total. The molecular weight excluding hydrogens is 221 g/mol. The lowest BCUT2D eigenvalue weighted by molar-refractivity contribution is 0.523. The lowest BCUT2D eigenvalue weighted by Crippen LogP contribution is -2.14. The predicted molar refractivity (Wildman–Crippen MR) is 57.6 cm³/mol. The van der Waals surface area contributed by atoms with Gasteiger partial charge >= 0.3 is 0 Å². The highest BCUT2D eigenvalue weighted by Crippen LogP contribution is 2.36. The van der Waals surface area contributed by atoms with Crippen LogP contribution in [0, 0.1) is 0 Å². The Morgan fingerprint density at radius 2 is 1.79 bits per heavy atom. The Bertz CT molecular complexity index is 375. The second-order valence-corrected chi connectivity index (χ2v) is 4.17. The van der Waals surface area contributed by atoms with Crippen molar-refractivity contribution in [1.82, 2.24) is 0 Å². The minimum absolute atomic E-state index is 0.501. The number of aliphatic imine (C=N–C) groups is 1. The van der Waals surface area contributed by atoms with Crippen molar-refractivity contribution in [2.24, 2.45) is 4.99 Å². The third-order valence-corrected chi connectivity index (χ3v) is 2.53. The summed E-state index contributed by atoms with van der Waals surface area (Å²) in [5, 5.41) is 1.00. The van der Waals surface area contributed by atoms with Crippen molar-refractivity contribution in [3.8, 4) is 0 Å². The SMILES string of the molecule is CC(C)(N=C=O)c1c(Cl)cccc1Cl. The third kappa shape index (κ3) is 2.16. The quantitative estimate of drug-likeness (QED) is 0.564. The third-order valence-electron chi connectivity index (χ3n) is 1.90. The van der Waals surface area contributed by atoms with Crippen LogP contribution in [0.15, 0.2) is 23.2 Å². The van der Waals surface area contributed by atoms with Crippen LogP contribution < -0.4 is 0 Å². The van der Waals surface area contributed by atoms with Gasteiger partial charge in [-0.1, -0.05) is 29.3 Å². The van der Waals surface area contributed by atoms with Gasteiger partial charge in [0.05, 0.1) is 5.54 Å². The van der Waals surface area contributed by atoms with Crippen LogP contribution >= 0.6 is 23.2 Å². The van der Waals surface area contributed by atoms with E-state index in [2.05, 4.69) is 4.99 Å². The van der Waals surface area contributed by atoms with Crippen molar-refractivity contribution in [2.75, 3.05) is 0 Å². The van der Waals surface area contributed by atoms with Crippen LogP contribution in [0.1, 0.15) is 19.4 Å². The van der Waals surface area contributed by atoms with Crippen LogP contribution in [0.25, 0.3) is 0 Å². The summed E-state index contributed by atoms with van der Waals surface area (Å²) in [6.07, 6.45) is 1.52. The van der Waals surface area contributed by atoms with Gasteiger partial charge in [-0.15, -0.1) is 0 Å². The van der Waals surface area contributed by atoms with Crippen LogP contribution in [-0.4, -0.2) is 6.08 Å². The number of isocyanates is 1. The first-order chi connectivity index (χ1) is 6.49. The number of rotatable bonds is 2. The molecule has 14 heavy (non-hydrogen) atoms. The molecule has 0 aliphatic carbocycles. The summed E-state index contributed by atoms with van der Waals surface area (Å²) in [7, 11) is 0. The minimum atomic E-state index is -0.739. The maximum absolute atomic E-state index is 10.2. The summed E-state index contributed by atoms with van der Waals surface area (Å²) in [6, 6.07) is 5.17. The van der Waals surface area contributed by atoms with Crippen molar-refractivity contribution in [1.29, 1.82) is 0 Å². The van der Waals surface area contributed by atoms with Crippen molar-refractivity contribution in [3.05, 3.63) is 33.8 Å². The Balaban J connectivity index is 3.37. The molecule has 0 radical (unpaired) electrons. The number of hydrogen-bond acceptors (Lipinski definition) is 2. The zero-order valence-electron chi connectivity index (χ0n) is 7.84. The lowest BCUT2D eigenvalue weighted by Gasteiger charge is -2.20. The minimum Gasteiger partial charge on any atom is -0.211 e. The molecule has 1 rings (SSSR count).